The maximum atomic E-state index is 5.83. The molecule has 0 aliphatic carbocycles. The van der Waals surface area contributed by atoms with Crippen LogP contribution in [0.4, 0.5) is 0 Å². The first-order chi connectivity index (χ1) is 13.6. The van der Waals surface area contributed by atoms with E-state index in [9.17, 15) is 0 Å². The SMILES string of the molecule is CCNC(=NCc1cccc(CN(CC)CC)c1)NCCc1ccc(Cl)nc1.I. The Morgan fingerprint density at radius 1 is 1.03 bits per heavy atom. The average Bonchev–Trinajstić information content (AvgIpc) is 2.72. The van der Waals surface area contributed by atoms with E-state index >= 15 is 0 Å². The summed E-state index contributed by atoms with van der Waals surface area (Å²) in [5.74, 6) is 0.832. The molecule has 0 amide bonds. The van der Waals surface area contributed by atoms with Crippen LogP contribution in [0.5, 0.6) is 0 Å². The molecule has 2 rings (SSSR count). The van der Waals surface area contributed by atoms with Crippen LogP contribution in [-0.2, 0) is 19.5 Å². The van der Waals surface area contributed by atoms with E-state index in [2.05, 4.69) is 65.6 Å². The zero-order chi connectivity index (χ0) is 20.2. The van der Waals surface area contributed by atoms with Gasteiger partial charge in [0.1, 0.15) is 5.15 Å². The fourth-order valence-electron chi connectivity index (χ4n) is 2.92. The van der Waals surface area contributed by atoms with Crippen LogP contribution in [0.25, 0.3) is 0 Å². The third-order valence-electron chi connectivity index (χ3n) is 4.55. The van der Waals surface area contributed by atoms with Crippen molar-refractivity contribution in [2.75, 3.05) is 26.2 Å². The Balaban J connectivity index is 0.00000420. The maximum Gasteiger partial charge on any atom is 0.191 e. The lowest BCUT2D eigenvalue weighted by molar-refractivity contribution is 0.296. The van der Waals surface area contributed by atoms with Crippen molar-refractivity contribution >= 4 is 41.5 Å². The summed E-state index contributed by atoms with van der Waals surface area (Å²) in [4.78, 5) is 11.3. The third kappa shape index (κ3) is 9.78. The number of benzene rings is 1. The molecule has 29 heavy (non-hydrogen) atoms. The molecular weight excluding hydrogens is 497 g/mol. The Morgan fingerprint density at radius 3 is 2.45 bits per heavy atom. The highest BCUT2D eigenvalue weighted by Crippen LogP contribution is 2.10. The topological polar surface area (TPSA) is 52.6 Å². The van der Waals surface area contributed by atoms with Gasteiger partial charge in [-0.05, 0) is 49.2 Å². The van der Waals surface area contributed by atoms with Crippen molar-refractivity contribution in [3.05, 3.63) is 64.4 Å². The van der Waals surface area contributed by atoms with E-state index < -0.39 is 0 Å². The van der Waals surface area contributed by atoms with Gasteiger partial charge < -0.3 is 10.6 Å². The normalized spacial score (nSPS) is 11.3. The smallest absolute Gasteiger partial charge is 0.191 e. The number of nitrogens with zero attached hydrogens (tertiary/aromatic N) is 3. The summed E-state index contributed by atoms with van der Waals surface area (Å²) in [6.45, 7) is 11.9. The molecule has 0 aliphatic rings. The van der Waals surface area contributed by atoms with E-state index in [0.717, 1.165) is 50.7 Å². The van der Waals surface area contributed by atoms with E-state index in [1.807, 2.05) is 18.3 Å². The lowest BCUT2D eigenvalue weighted by atomic mass is 10.1. The summed E-state index contributed by atoms with van der Waals surface area (Å²) in [6, 6.07) is 12.5. The molecule has 2 N–H and O–H groups in total. The molecule has 0 radical (unpaired) electrons. The quantitative estimate of drug-likeness (QED) is 0.206. The lowest BCUT2D eigenvalue weighted by Crippen LogP contribution is -2.38. The van der Waals surface area contributed by atoms with E-state index in [-0.39, 0.29) is 24.0 Å². The van der Waals surface area contributed by atoms with Crippen molar-refractivity contribution in [1.82, 2.24) is 20.5 Å². The summed E-state index contributed by atoms with van der Waals surface area (Å²) in [5, 5.41) is 7.22. The van der Waals surface area contributed by atoms with Crippen LogP contribution in [0.15, 0.2) is 47.6 Å². The molecule has 0 bridgehead atoms. The zero-order valence-corrected chi connectivity index (χ0v) is 20.7. The van der Waals surface area contributed by atoms with E-state index in [0.29, 0.717) is 11.7 Å². The molecule has 0 aliphatic heterocycles. The summed E-state index contributed by atoms with van der Waals surface area (Å²) in [6.07, 6.45) is 2.68. The highest BCUT2D eigenvalue weighted by Gasteiger charge is 2.03. The molecule has 0 atom stereocenters. The van der Waals surface area contributed by atoms with Gasteiger partial charge in [-0.2, -0.15) is 0 Å². The van der Waals surface area contributed by atoms with E-state index in [1.54, 1.807) is 0 Å². The average molecular weight is 530 g/mol. The number of halogens is 2. The molecule has 0 unspecified atom stereocenters. The van der Waals surface area contributed by atoms with Gasteiger partial charge in [-0.25, -0.2) is 9.98 Å². The molecular formula is C22H33ClIN5. The highest BCUT2D eigenvalue weighted by atomic mass is 127. The van der Waals surface area contributed by atoms with Crippen molar-refractivity contribution in [2.45, 2.75) is 40.3 Å². The summed E-state index contributed by atoms with van der Waals surface area (Å²) >= 11 is 5.83. The fraction of sp³-hybridized carbons (Fsp3) is 0.455. The monoisotopic (exact) mass is 529 g/mol. The molecule has 7 heteroatoms. The number of aromatic nitrogens is 1. The molecule has 2 aromatic rings. The van der Waals surface area contributed by atoms with Gasteiger partial charge >= 0.3 is 0 Å². The summed E-state index contributed by atoms with van der Waals surface area (Å²) < 4.78 is 0. The first kappa shape index (κ1) is 25.7. The van der Waals surface area contributed by atoms with Gasteiger partial charge in [-0.3, -0.25) is 4.90 Å². The van der Waals surface area contributed by atoms with Crippen LogP contribution < -0.4 is 10.6 Å². The van der Waals surface area contributed by atoms with Crippen LogP contribution in [0.1, 0.15) is 37.5 Å². The summed E-state index contributed by atoms with van der Waals surface area (Å²) in [7, 11) is 0. The Bertz CT molecular complexity index is 732. The van der Waals surface area contributed by atoms with Gasteiger partial charge in [-0.15, -0.1) is 24.0 Å². The Kier molecular flexibility index (Phi) is 12.9. The number of rotatable bonds is 10. The standard InChI is InChI=1S/C22H32ClN5.HI/c1-4-24-22(25-13-12-18-10-11-21(23)26-15-18)27-16-19-8-7-9-20(14-19)17-28(5-2)6-3;/h7-11,14-15H,4-6,12-13,16-17H2,1-3H3,(H2,24,25,27);1H. The van der Waals surface area contributed by atoms with Crippen LogP contribution in [0.2, 0.25) is 5.15 Å². The minimum atomic E-state index is 0. The van der Waals surface area contributed by atoms with Gasteiger partial charge in [0.05, 0.1) is 6.54 Å². The third-order valence-corrected chi connectivity index (χ3v) is 4.77. The van der Waals surface area contributed by atoms with Gasteiger partial charge in [0.25, 0.3) is 0 Å². The maximum absolute atomic E-state index is 5.83. The molecule has 0 fully saturated rings. The largest absolute Gasteiger partial charge is 0.357 e. The van der Waals surface area contributed by atoms with Crippen molar-refractivity contribution in [3.8, 4) is 0 Å². The van der Waals surface area contributed by atoms with Gasteiger partial charge in [0.15, 0.2) is 5.96 Å². The van der Waals surface area contributed by atoms with Crippen LogP contribution in [0.3, 0.4) is 0 Å². The van der Waals surface area contributed by atoms with Gasteiger partial charge in [0.2, 0.25) is 0 Å². The second-order valence-corrected chi connectivity index (χ2v) is 7.03. The Morgan fingerprint density at radius 2 is 1.79 bits per heavy atom. The molecule has 1 aromatic carbocycles. The first-order valence-electron chi connectivity index (χ1n) is 10.1. The number of hydrogen-bond donors (Lipinski definition) is 2. The molecule has 1 aromatic heterocycles. The number of guanidine groups is 1. The highest BCUT2D eigenvalue weighted by molar-refractivity contribution is 14.0. The van der Waals surface area contributed by atoms with E-state index in [1.165, 1.54) is 11.1 Å². The van der Waals surface area contributed by atoms with Crippen molar-refractivity contribution in [1.29, 1.82) is 0 Å². The van der Waals surface area contributed by atoms with Gasteiger partial charge in [0, 0.05) is 25.8 Å². The van der Waals surface area contributed by atoms with Crippen molar-refractivity contribution < 1.29 is 0 Å². The number of pyridine rings is 1. The minimum Gasteiger partial charge on any atom is -0.357 e. The van der Waals surface area contributed by atoms with Crippen molar-refractivity contribution in [3.63, 3.8) is 0 Å². The number of aliphatic imine (C=N–C) groups is 1. The fourth-order valence-corrected chi connectivity index (χ4v) is 3.04. The van der Waals surface area contributed by atoms with E-state index in [4.69, 9.17) is 16.6 Å². The molecule has 5 nitrogen and oxygen atoms in total. The second-order valence-electron chi connectivity index (χ2n) is 6.64. The second kappa shape index (κ2) is 14.6. The minimum absolute atomic E-state index is 0. The molecule has 0 saturated carbocycles. The van der Waals surface area contributed by atoms with Crippen LogP contribution >= 0.6 is 35.6 Å². The molecule has 160 valence electrons. The number of hydrogen-bond acceptors (Lipinski definition) is 3. The predicted octanol–water partition coefficient (Wildman–Crippen LogP) is 4.49. The lowest BCUT2D eigenvalue weighted by Gasteiger charge is -2.18. The molecule has 0 saturated heterocycles. The molecule has 0 spiro atoms. The predicted molar refractivity (Wildman–Crippen MR) is 134 cm³/mol. The zero-order valence-electron chi connectivity index (χ0n) is 17.6. The summed E-state index contributed by atoms with van der Waals surface area (Å²) in [5.41, 5.74) is 3.71. The molecule has 1 heterocycles. The van der Waals surface area contributed by atoms with Crippen LogP contribution in [-0.4, -0.2) is 42.0 Å². The Hall–Kier alpha value is -1.38. The van der Waals surface area contributed by atoms with Gasteiger partial charge in [-0.1, -0.05) is 55.8 Å². The number of nitrogens with one attached hydrogen (secondary N) is 2. The Labute approximate surface area is 197 Å². The van der Waals surface area contributed by atoms with Crippen LogP contribution in [0, 0.1) is 0 Å². The first-order valence-corrected chi connectivity index (χ1v) is 10.4. The van der Waals surface area contributed by atoms with Crippen molar-refractivity contribution in [2.24, 2.45) is 4.99 Å².